The molecule has 31 heavy (non-hydrogen) atoms. The van der Waals surface area contributed by atoms with Gasteiger partial charge in [-0.25, -0.2) is 19.0 Å². The highest BCUT2D eigenvalue weighted by atomic mass is 19.4. The van der Waals surface area contributed by atoms with Crippen LogP contribution in [-0.4, -0.2) is 25.7 Å². The molecule has 0 atom stereocenters. The zero-order valence-corrected chi connectivity index (χ0v) is 15.0. The molecule has 2 aromatic heterocycles. The minimum atomic E-state index is -5.11. The Balaban J connectivity index is 2.13. The van der Waals surface area contributed by atoms with Crippen molar-refractivity contribution in [1.29, 1.82) is 0 Å². The van der Waals surface area contributed by atoms with Gasteiger partial charge in [0, 0.05) is 29.7 Å². The smallest absolute Gasteiger partial charge is 0.366 e. The number of benzene rings is 1. The van der Waals surface area contributed by atoms with Gasteiger partial charge in [0.25, 0.3) is 5.91 Å². The monoisotopic (exact) mass is 445 g/mol. The zero-order chi connectivity index (χ0) is 23.0. The molecule has 2 heterocycles. The standard InChI is InChI=1S/C18H10F7N5O/c19-14-7-30(6-13(16(26)31)10-4-27-8-28-5-10)29-15(14)9-1-11(17(20,21)22)3-12(2-9)18(23,24)25/h1-8H,(H2,26,31)/b13-6+. The first-order chi connectivity index (χ1) is 14.4. The molecule has 13 heteroatoms. The SMILES string of the molecule is NC(=O)/C(=C/n1cc(F)c(-c2cc(C(F)(F)F)cc(C(F)(F)F)c2)n1)c1cncnc1. The first kappa shape index (κ1) is 21.9. The highest BCUT2D eigenvalue weighted by molar-refractivity contribution is 6.22. The Labute approximate surface area is 168 Å². The molecule has 0 saturated heterocycles. The van der Waals surface area contributed by atoms with Crippen molar-refractivity contribution in [3.05, 3.63) is 65.6 Å². The molecular formula is C18H10F7N5O. The molecule has 1 amide bonds. The fourth-order valence-corrected chi connectivity index (χ4v) is 2.57. The van der Waals surface area contributed by atoms with Crippen molar-refractivity contribution in [2.24, 2.45) is 5.73 Å². The quantitative estimate of drug-likeness (QED) is 0.486. The molecular weight excluding hydrogens is 435 g/mol. The number of alkyl halides is 6. The van der Waals surface area contributed by atoms with Gasteiger partial charge >= 0.3 is 12.4 Å². The molecule has 3 rings (SSSR count). The summed E-state index contributed by atoms with van der Waals surface area (Å²) in [5, 5.41) is 3.66. The van der Waals surface area contributed by atoms with Crippen molar-refractivity contribution in [2.45, 2.75) is 12.4 Å². The summed E-state index contributed by atoms with van der Waals surface area (Å²) in [6, 6.07) is 0.600. The molecule has 0 spiro atoms. The third-order valence-corrected chi connectivity index (χ3v) is 3.95. The number of carbonyl (C=O) groups excluding carboxylic acids is 1. The molecule has 1 aromatic carbocycles. The summed E-state index contributed by atoms with van der Waals surface area (Å²) >= 11 is 0. The molecule has 0 bridgehead atoms. The van der Waals surface area contributed by atoms with Crippen molar-refractivity contribution in [1.82, 2.24) is 19.7 Å². The highest BCUT2D eigenvalue weighted by Gasteiger charge is 2.37. The van der Waals surface area contributed by atoms with E-state index in [1.54, 1.807) is 0 Å². The van der Waals surface area contributed by atoms with Crippen LogP contribution in [-0.2, 0) is 17.1 Å². The largest absolute Gasteiger partial charge is 0.416 e. The molecule has 0 radical (unpaired) electrons. The Hall–Kier alpha value is -3.77. The first-order valence-electron chi connectivity index (χ1n) is 8.18. The second kappa shape index (κ2) is 7.81. The number of amides is 1. The highest BCUT2D eigenvalue weighted by Crippen LogP contribution is 2.38. The van der Waals surface area contributed by atoms with E-state index in [1.807, 2.05) is 0 Å². The lowest BCUT2D eigenvalue weighted by atomic mass is 10.0. The molecule has 0 aliphatic rings. The van der Waals surface area contributed by atoms with Gasteiger partial charge in [-0.1, -0.05) is 0 Å². The van der Waals surface area contributed by atoms with Crippen molar-refractivity contribution < 1.29 is 35.5 Å². The Kier molecular flexibility index (Phi) is 5.53. The Morgan fingerprint density at radius 3 is 2.00 bits per heavy atom. The van der Waals surface area contributed by atoms with E-state index in [4.69, 9.17) is 5.73 Å². The third-order valence-electron chi connectivity index (χ3n) is 3.95. The van der Waals surface area contributed by atoms with Crippen LogP contribution in [0.2, 0.25) is 0 Å². The Morgan fingerprint density at radius 1 is 0.968 bits per heavy atom. The summed E-state index contributed by atoms with van der Waals surface area (Å²) in [5.41, 5.74) is 0.371. The van der Waals surface area contributed by atoms with Crippen molar-refractivity contribution >= 4 is 17.7 Å². The van der Waals surface area contributed by atoms with Crippen LogP contribution >= 0.6 is 0 Å². The molecule has 0 fully saturated rings. The fourth-order valence-electron chi connectivity index (χ4n) is 2.57. The lowest BCUT2D eigenvalue weighted by Gasteiger charge is -2.13. The zero-order valence-electron chi connectivity index (χ0n) is 15.0. The number of nitrogens with zero attached hydrogens (tertiary/aromatic N) is 4. The molecule has 6 nitrogen and oxygen atoms in total. The van der Waals surface area contributed by atoms with Gasteiger partial charge in [-0.05, 0) is 18.2 Å². The number of primary amides is 1. The summed E-state index contributed by atoms with van der Waals surface area (Å²) < 4.78 is 93.4. The number of carbonyl (C=O) groups is 1. The molecule has 162 valence electrons. The lowest BCUT2D eigenvalue weighted by Crippen LogP contribution is -2.14. The van der Waals surface area contributed by atoms with E-state index in [0.29, 0.717) is 23.0 Å². The van der Waals surface area contributed by atoms with Crippen LogP contribution in [0.5, 0.6) is 0 Å². The lowest BCUT2D eigenvalue weighted by molar-refractivity contribution is -0.143. The topological polar surface area (TPSA) is 86.7 Å². The fraction of sp³-hybridized carbons (Fsp3) is 0.111. The summed E-state index contributed by atoms with van der Waals surface area (Å²) in [4.78, 5) is 19.1. The minimum absolute atomic E-state index is 0.0844. The predicted molar refractivity (Wildman–Crippen MR) is 93.0 cm³/mol. The van der Waals surface area contributed by atoms with E-state index in [1.165, 1.54) is 18.7 Å². The van der Waals surface area contributed by atoms with Crippen molar-refractivity contribution in [2.75, 3.05) is 0 Å². The normalized spacial score (nSPS) is 12.8. The third kappa shape index (κ3) is 4.87. The van der Waals surface area contributed by atoms with E-state index in [9.17, 15) is 35.5 Å². The van der Waals surface area contributed by atoms with E-state index in [-0.39, 0.29) is 17.2 Å². The molecule has 0 aliphatic heterocycles. The first-order valence-corrected chi connectivity index (χ1v) is 8.18. The summed E-state index contributed by atoms with van der Waals surface area (Å²) in [7, 11) is 0. The van der Waals surface area contributed by atoms with Gasteiger partial charge in [-0.3, -0.25) is 4.79 Å². The van der Waals surface area contributed by atoms with Crippen LogP contribution < -0.4 is 5.73 Å². The number of hydrogen-bond donors (Lipinski definition) is 1. The molecule has 2 N–H and O–H groups in total. The second-order valence-electron chi connectivity index (χ2n) is 6.13. The predicted octanol–water partition coefficient (Wildman–Crippen LogP) is 4.00. The van der Waals surface area contributed by atoms with Crippen molar-refractivity contribution in [3.8, 4) is 11.3 Å². The number of aromatic nitrogens is 4. The molecule has 0 aliphatic carbocycles. The van der Waals surface area contributed by atoms with Gasteiger partial charge in [-0.15, -0.1) is 0 Å². The second-order valence-corrected chi connectivity index (χ2v) is 6.13. The molecule has 3 aromatic rings. The van der Waals surface area contributed by atoms with Gasteiger partial charge in [0.2, 0.25) is 0 Å². The van der Waals surface area contributed by atoms with Crippen LogP contribution in [0.15, 0.2) is 43.1 Å². The molecule has 0 unspecified atom stereocenters. The van der Waals surface area contributed by atoms with E-state index in [2.05, 4.69) is 15.1 Å². The minimum Gasteiger partial charge on any atom is -0.366 e. The Bertz CT molecular complexity index is 1120. The van der Waals surface area contributed by atoms with Gasteiger partial charge in [-0.2, -0.15) is 31.4 Å². The Morgan fingerprint density at radius 2 is 1.52 bits per heavy atom. The van der Waals surface area contributed by atoms with Crippen LogP contribution in [0.25, 0.3) is 23.0 Å². The van der Waals surface area contributed by atoms with E-state index in [0.717, 1.165) is 6.20 Å². The average Bonchev–Trinajstić information content (AvgIpc) is 3.05. The van der Waals surface area contributed by atoms with E-state index < -0.39 is 46.5 Å². The summed E-state index contributed by atoms with van der Waals surface area (Å²) in [6.07, 6.45) is -5.02. The average molecular weight is 445 g/mol. The molecule has 0 saturated carbocycles. The number of hydrogen-bond acceptors (Lipinski definition) is 4. The maximum Gasteiger partial charge on any atom is 0.416 e. The number of halogens is 7. The van der Waals surface area contributed by atoms with Crippen LogP contribution in [0, 0.1) is 5.82 Å². The summed E-state index contributed by atoms with van der Waals surface area (Å²) in [6.45, 7) is 0. The van der Waals surface area contributed by atoms with Gasteiger partial charge in [0.05, 0.1) is 22.9 Å². The van der Waals surface area contributed by atoms with Crippen molar-refractivity contribution in [3.63, 3.8) is 0 Å². The maximum atomic E-state index is 14.4. The number of nitrogens with two attached hydrogens (primary N) is 1. The summed E-state index contributed by atoms with van der Waals surface area (Å²) in [5.74, 6) is -2.21. The van der Waals surface area contributed by atoms with Crippen LogP contribution in [0.1, 0.15) is 16.7 Å². The van der Waals surface area contributed by atoms with E-state index >= 15 is 0 Å². The van der Waals surface area contributed by atoms with Crippen LogP contribution in [0.4, 0.5) is 30.7 Å². The van der Waals surface area contributed by atoms with Gasteiger partial charge < -0.3 is 5.73 Å². The van der Waals surface area contributed by atoms with Gasteiger partial charge in [0.15, 0.2) is 5.82 Å². The maximum absolute atomic E-state index is 14.4. The van der Waals surface area contributed by atoms with Crippen LogP contribution in [0.3, 0.4) is 0 Å². The number of rotatable bonds is 4. The van der Waals surface area contributed by atoms with Gasteiger partial charge in [0.1, 0.15) is 12.0 Å².